The van der Waals surface area contributed by atoms with Gasteiger partial charge in [0.05, 0.1) is 30.7 Å². The van der Waals surface area contributed by atoms with Gasteiger partial charge in [-0.15, -0.1) is 0 Å². The SMILES string of the molecule is CC[C@H](C)Oc1cccc(C(=O)NC(=S)Nc2ccccc2N2CCOCC2)c1. The number of carbonyl (C=O) groups is 1. The summed E-state index contributed by atoms with van der Waals surface area (Å²) in [6, 6.07) is 15.0. The maximum absolute atomic E-state index is 12.6. The highest BCUT2D eigenvalue weighted by atomic mass is 32.1. The minimum absolute atomic E-state index is 0.0905. The smallest absolute Gasteiger partial charge is 0.257 e. The molecule has 1 atom stereocenters. The first-order valence-electron chi connectivity index (χ1n) is 9.87. The molecule has 7 heteroatoms. The van der Waals surface area contributed by atoms with Crippen LogP contribution >= 0.6 is 12.2 Å². The Balaban J connectivity index is 1.64. The second-order valence-corrected chi connectivity index (χ2v) is 7.30. The summed E-state index contributed by atoms with van der Waals surface area (Å²) in [6.45, 7) is 7.09. The number of amides is 1. The lowest BCUT2D eigenvalue weighted by Gasteiger charge is -2.30. The van der Waals surface area contributed by atoms with Crippen LogP contribution in [0.2, 0.25) is 0 Å². The number of hydrogen-bond acceptors (Lipinski definition) is 5. The highest BCUT2D eigenvalue weighted by molar-refractivity contribution is 7.80. The lowest BCUT2D eigenvalue weighted by molar-refractivity contribution is 0.0977. The number of para-hydroxylation sites is 2. The summed E-state index contributed by atoms with van der Waals surface area (Å²) < 4.78 is 11.2. The van der Waals surface area contributed by atoms with E-state index >= 15 is 0 Å². The van der Waals surface area contributed by atoms with Crippen molar-refractivity contribution >= 4 is 34.6 Å². The Bertz CT molecular complexity index is 853. The number of hydrogen-bond donors (Lipinski definition) is 2. The van der Waals surface area contributed by atoms with Crippen LogP contribution in [0.1, 0.15) is 30.6 Å². The van der Waals surface area contributed by atoms with Gasteiger partial charge in [-0.25, -0.2) is 0 Å². The van der Waals surface area contributed by atoms with Gasteiger partial charge in [-0.3, -0.25) is 10.1 Å². The molecule has 0 saturated carbocycles. The van der Waals surface area contributed by atoms with Crippen LogP contribution in [0.5, 0.6) is 5.75 Å². The van der Waals surface area contributed by atoms with Crippen LogP contribution in [0.25, 0.3) is 0 Å². The maximum atomic E-state index is 12.6. The molecule has 0 spiro atoms. The van der Waals surface area contributed by atoms with Crippen molar-refractivity contribution < 1.29 is 14.3 Å². The summed E-state index contributed by atoms with van der Waals surface area (Å²) in [5.74, 6) is 0.393. The molecule has 2 N–H and O–H groups in total. The summed E-state index contributed by atoms with van der Waals surface area (Å²) in [7, 11) is 0. The lowest BCUT2D eigenvalue weighted by Crippen LogP contribution is -2.38. The molecule has 1 aliphatic heterocycles. The lowest BCUT2D eigenvalue weighted by atomic mass is 10.2. The van der Waals surface area contributed by atoms with Gasteiger partial charge in [0, 0.05) is 18.7 Å². The van der Waals surface area contributed by atoms with Crippen LogP contribution < -0.4 is 20.3 Å². The molecule has 0 radical (unpaired) electrons. The number of thiocarbonyl (C=S) groups is 1. The van der Waals surface area contributed by atoms with Gasteiger partial charge in [-0.05, 0) is 55.9 Å². The number of carbonyl (C=O) groups excluding carboxylic acids is 1. The van der Waals surface area contributed by atoms with Crippen molar-refractivity contribution in [3.05, 3.63) is 54.1 Å². The van der Waals surface area contributed by atoms with Crippen molar-refractivity contribution in [3.63, 3.8) is 0 Å². The van der Waals surface area contributed by atoms with Gasteiger partial charge in [0.2, 0.25) is 0 Å². The molecule has 0 unspecified atom stereocenters. The van der Waals surface area contributed by atoms with E-state index in [4.69, 9.17) is 21.7 Å². The van der Waals surface area contributed by atoms with E-state index in [1.54, 1.807) is 18.2 Å². The van der Waals surface area contributed by atoms with Gasteiger partial charge in [0.1, 0.15) is 5.75 Å². The Morgan fingerprint density at radius 2 is 1.97 bits per heavy atom. The van der Waals surface area contributed by atoms with Gasteiger partial charge in [-0.1, -0.05) is 25.1 Å². The number of ether oxygens (including phenoxy) is 2. The van der Waals surface area contributed by atoms with E-state index in [2.05, 4.69) is 22.5 Å². The predicted molar refractivity (Wildman–Crippen MR) is 120 cm³/mol. The topological polar surface area (TPSA) is 62.8 Å². The molecule has 2 aromatic rings. The van der Waals surface area contributed by atoms with Crippen molar-refractivity contribution in [3.8, 4) is 5.75 Å². The average Bonchev–Trinajstić information content (AvgIpc) is 2.74. The Kier molecular flexibility index (Phi) is 7.43. The largest absolute Gasteiger partial charge is 0.491 e. The molecule has 0 aliphatic carbocycles. The zero-order chi connectivity index (χ0) is 20.6. The molecule has 1 heterocycles. The van der Waals surface area contributed by atoms with Crippen molar-refractivity contribution in [2.45, 2.75) is 26.4 Å². The fraction of sp³-hybridized carbons (Fsp3) is 0.364. The number of nitrogens with zero attached hydrogens (tertiary/aromatic N) is 1. The Labute approximate surface area is 177 Å². The normalized spacial score (nSPS) is 14.8. The number of benzene rings is 2. The molecule has 6 nitrogen and oxygen atoms in total. The Hall–Kier alpha value is -2.64. The van der Waals surface area contributed by atoms with E-state index in [-0.39, 0.29) is 17.1 Å². The molecule has 1 saturated heterocycles. The fourth-order valence-electron chi connectivity index (χ4n) is 3.01. The number of anilines is 2. The van der Waals surface area contributed by atoms with E-state index in [9.17, 15) is 4.79 Å². The quantitative estimate of drug-likeness (QED) is 0.702. The molecule has 2 aromatic carbocycles. The fourth-order valence-corrected chi connectivity index (χ4v) is 3.22. The van der Waals surface area contributed by atoms with Crippen LogP contribution in [0, 0.1) is 0 Å². The third-order valence-corrected chi connectivity index (χ3v) is 4.94. The van der Waals surface area contributed by atoms with E-state index in [1.807, 2.05) is 37.3 Å². The molecule has 0 bridgehead atoms. The van der Waals surface area contributed by atoms with E-state index in [1.165, 1.54) is 0 Å². The minimum atomic E-state index is -0.277. The van der Waals surface area contributed by atoms with E-state index in [0.717, 1.165) is 30.9 Å². The zero-order valence-electron chi connectivity index (χ0n) is 16.8. The molecule has 1 amide bonds. The molecule has 3 rings (SSSR count). The van der Waals surface area contributed by atoms with Crippen molar-refractivity contribution in [1.82, 2.24) is 5.32 Å². The van der Waals surface area contributed by atoms with Crippen LogP contribution in [0.4, 0.5) is 11.4 Å². The molecule has 154 valence electrons. The standard InChI is InChI=1S/C22H27N3O3S/c1-3-16(2)28-18-8-6-7-17(15-18)21(26)24-22(29)23-19-9-4-5-10-20(19)25-11-13-27-14-12-25/h4-10,15-16H,3,11-14H2,1-2H3,(H2,23,24,26,29)/t16-/m0/s1. The monoisotopic (exact) mass is 413 g/mol. The van der Waals surface area contributed by atoms with Crippen molar-refractivity contribution in [2.75, 3.05) is 36.5 Å². The molecule has 0 aromatic heterocycles. The van der Waals surface area contributed by atoms with Crippen LogP contribution in [0.3, 0.4) is 0 Å². The predicted octanol–water partition coefficient (Wildman–Crippen LogP) is 3.83. The van der Waals surface area contributed by atoms with Crippen LogP contribution in [-0.4, -0.2) is 43.4 Å². The highest BCUT2D eigenvalue weighted by Gasteiger charge is 2.16. The summed E-state index contributed by atoms with van der Waals surface area (Å²) in [4.78, 5) is 14.9. The average molecular weight is 414 g/mol. The van der Waals surface area contributed by atoms with Gasteiger partial charge in [0.25, 0.3) is 5.91 Å². The third-order valence-electron chi connectivity index (χ3n) is 4.74. The first kappa shape index (κ1) is 21.1. The molecule has 1 fully saturated rings. The first-order chi connectivity index (χ1) is 14.1. The van der Waals surface area contributed by atoms with E-state index in [0.29, 0.717) is 24.5 Å². The second kappa shape index (κ2) is 10.2. The number of morpholine rings is 1. The summed E-state index contributed by atoms with van der Waals surface area (Å²) in [5.41, 5.74) is 2.39. The summed E-state index contributed by atoms with van der Waals surface area (Å²) in [5, 5.41) is 6.16. The van der Waals surface area contributed by atoms with Crippen LogP contribution in [0.15, 0.2) is 48.5 Å². The Morgan fingerprint density at radius 3 is 2.72 bits per heavy atom. The highest BCUT2D eigenvalue weighted by Crippen LogP contribution is 2.26. The number of rotatable bonds is 6. The van der Waals surface area contributed by atoms with Gasteiger partial charge in [0.15, 0.2) is 5.11 Å². The minimum Gasteiger partial charge on any atom is -0.491 e. The van der Waals surface area contributed by atoms with E-state index < -0.39 is 0 Å². The Morgan fingerprint density at radius 1 is 1.21 bits per heavy atom. The molecule has 1 aliphatic rings. The number of nitrogens with one attached hydrogen (secondary N) is 2. The third kappa shape index (κ3) is 5.92. The summed E-state index contributed by atoms with van der Waals surface area (Å²) >= 11 is 5.38. The van der Waals surface area contributed by atoms with Gasteiger partial charge < -0.3 is 19.7 Å². The first-order valence-corrected chi connectivity index (χ1v) is 10.3. The summed E-state index contributed by atoms with van der Waals surface area (Å²) in [6.07, 6.45) is 0.986. The second-order valence-electron chi connectivity index (χ2n) is 6.89. The van der Waals surface area contributed by atoms with Gasteiger partial charge >= 0.3 is 0 Å². The van der Waals surface area contributed by atoms with Crippen LogP contribution in [-0.2, 0) is 4.74 Å². The van der Waals surface area contributed by atoms with Crippen molar-refractivity contribution in [2.24, 2.45) is 0 Å². The molecular formula is C22H27N3O3S. The molecule has 29 heavy (non-hydrogen) atoms. The maximum Gasteiger partial charge on any atom is 0.257 e. The zero-order valence-corrected chi connectivity index (χ0v) is 17.6. The van der Waals surface area contributed by atoms with Gasteiger partial charge in [-0.2, -0.15) is 0 Å². The molecular weight excluding hydrogens is 386 g/mol. The van der Waals surface area contributed by atoms with Crippen molar-refractivity contribution in [1.29, 1.82) is 0 Å².